The number of hydrogen-bond donors (Lipinski definition) is 1. The van der Waals surface area contributed by atoms with Gasteiger partial charge < -0.3 is 10.2 Å². The SMILES string of the molecule is CN1C(=O)CCc2cc(C(=O)CCCCNCCc3ccccc3Cl)ccc21. The predicted molar refractivity (Wildman–Crippen MR) is 114 cm³/mol. The monoisotopic (exact) mass is 398 g/mol. The van der Waals surface area contributed by atoms with E-state index in [9.17, 15) is 9.59 Å². The molecule has 5 heteroatoms. The summed E-state index contributed by atoms with van der Waals surface area (Å²) in [6.45, 7) is 1.78. The molecule has 148 valence electrons. The molecule has 2 aromatic carbocycles. The smallest absolute Gasteiger partial charge is 0.227 e. The number of benzene rings is 2. The molecule has 1 aliphatic heterocycles. The first kappa shape index (κ1) is 20.6. The first-order chi connectivity index (χ1) is 13.6. The molecule has 0 unspecified atom stereocenters. The molecule has 0 saturated carbocycles. The Bertz CT molecular complexity index is 850. The van der Waals surface area contributed by atoms with Crippen molar-refractivity contribution in [3.8, 4) is 0 Å². The lowest BCUT2D eigenvalue weighted by molar-refractivity contribution is -0.118. The molecule has 4 nitrogen and oxygen atoms in total. The van der Waals surface area contributed by atoms with Crippen molar-refractivity contribution >= 4 is 29.0 Å². The fourth-order valence-electron chi connectivity index (χ4n) is 3.56. The van der Waals surface area contributed by atoms with Crippen LogP contribution >= 0.6 is 11.6 Å². The van der Waals surface area contributed by atoms with Crippen LogP contribution in [0.5, 0.6) is 0 Å². The first-order valence-corrected chi connectivity index (χ1v) is 10.3. The minimum Gasteiger partial charge on any atom is -0.316 e. The van der Waals surface area contributed by atoms with Crippen molar-refractivity contribution in [3.05, 3.63) is 64.2 Å². The number of rotatable bonds is 9. The number of hydrogen-bond acceptors (Lipinski definition) is 3. The summed E-state index contributed by atoms with van der Waals surface area (Å²) >= 11 is 6.15. The summed E-state index contributed by atoms with van der Waals surface area (Å²) in [5, 5.41) is 4.23. The molecule has 3 rings (SSSR count). The quantitative estimate of drug-likeness (QED) is 0.502. The van der Waals surface area contributed by atoms with Gasteiger partial charge in [0.25, 0.3) is 0 Å². The zero-order valence-corrected chi connectivity index (χ0v) is 17.1. The Morgan fingerprint density at radius 3 is 2.75 bits per heavy atom. The van der Waals surface area contributed by atoms with E-state index in [4.69, 9.17) is 11.6 Å². The Hall–Kier alpha value is -2.17. The van der Waals surface area contributed by atoms with Gasteiger partial charge in [0.15, 0.2) is 5.78 Å². The van der Waals surface area contributed by atoms with E-state index >= 15 is 0 Å². The molecule has 1 amide bonds. The van der Waals surface area contributed by atoms with Crippen molar-refractivity contribution in [2.75, 3.05) is 25.0 Å². The fraction of sp³-hybridized carbons (Fsp3) is 0.391. The molecule has 1 aliphatic rings. The van der Waals surface area contributed by atoms with Crippen LogP contribution in [0.1, 0.15) is 47.2 Å². The van der Waals surface area contributed by atoms with Crippen molar-refractivity contribution in [3.63, 3.8) is 0 Å². The zero-order valence-electron chi connectivity index (χ0n) is 16.3. The number of halogens is 1. The third-order valence-electron chi connectivity index (χ3n) is 5.28. The molecule has 28 heavy (non-hydrogen) atoms. The molecule has 0 fully saturated rings. The normalized spacial score (nSPS) is 13.5. The van der Waals surface area contributed by atoms with E-state index in [2.05, 4.69) is 11.4 Å². The number of anilines is 1. The second-order valence-electron chi connectivity index (χ2n) is 7.27. The van der Waals surface area contributed by atoms with Crippen LogP contribution in [-0.4, -0.2) is 31.8 Å². The van der Waals surface area contributed by atoms with Crippen LogP contribution in [0.2, 0.25) is 5.02 Å². The number of Topliss-reactive ketones (excluding diaryl/α,β-unsaturated/α-hetero) is 1. The van der Waals surface area contributed by atoms with Gasteiger partial charge >= 0.3 is 0 Å². The minimum absolute atomic E-state index is 0.133. The summed E-state index contributed by atoms with van der Waals surface area (Å²) in [5.41, 5.74) is 3.93. The van der Waals surface area contributed by atoms with E-state index in [0.29, 0.717) is 12.8 Å². The molecule has 0 radical (unpaired) electrons. The van der Waals surface area contributed by atoms with Crippen molar-refractivity contribution in [2.45, 2.75) is 38.5 Å². The van der Waals surface area contributed by atoms with Gasteiger partial charge in [-0.05, 0) is 74.2 Å². The van der Waals surface area contributed by atoms with Gasteiger partial charge in [0.05, 0.1) is 0 Å². The van der Waals surface area contributed by atoms with Crippen molar-refractivity contribution in [1.82, 2.24) is 5.32 Å². The van der Waals surface area contributed by atoms with E-state index < -0.39 is 0 Å². The van der Waals surface area contributed by atoms with Crippen LogP contribution in [0.25, 0.3) is 0 Å². The lowest BCUT2D eigenvalue weighted by Gasteiger charge is -2.26. The predicted octanol–water partition coefficient (Wildman–Crippen LogP) is 4.43. The van der Waals surface area contributed by atoms with Crippen LogP contribution < -0.4 is 10.2 Å². The van der Waals surface area contributed by atoms with E-state index in [-0.39, 0.29) is 11.7 Å². The number of nitrogens with one attached hydrogen (secondary N) is 1. The molecule has 0 saturated heterocycles. The maximum atomic E-state index is 12.5. The molecule has 0 spiro atoms. The van der Waals surface area contributed by atoms with Crippen molar-refractivity contribution in [1.29, 1.82) is 0 Å². The third kappa shape index (κ3) is 5.21. The van der Waals surface area contributed by atoms with E-state index in [1.54, 1.807) is 11.9 Å². The molecule has 0 aromatic heterocycles. The zero-order chi connectivity index (χ0) is 19.9. The highest BCUT2D eigenvalue weighted by Crippen LogP contribution is 2.28. The minimum atomic E-state index is 0.133. The number of unbranched alkanes of at least 4 members (excludes halogenated alkanes) is 1. The molecule has 0 aliphatic carbocycles. The standard InChI is InChI=1S/C23H27ClN2O2/c1-26-21-11-9-19(16-18(21)10-12-23(26)28)22(27)8-4-5-14-25-15-13-17-6-2-3-7-20(17)24/h2-3,6-7,9,11,16,25H,4-5,8,10,12-15H2,1H3. The Kier molecular flexibility index (Phi) is 7.24. The van der Waals surface area contributed by atoms with Crippen LogP contribution in [0.4, 0.5) is 5.69 Å². The molecule has 0 atom stereocenters. The maximum absolute atomic E-state index is 12.5. The summed E-state index contributed by atoms with van der Waals surface area (Å²) in [6.07, 6.45) is 4.53. The lowest BCUT2D eigenvalue weighted by Crippen LogP contribution is -2.31. The average Bonchev–Trinajstić information content (AvgIpc) is 2.71. The topological polar surface area (TPSA) is 49.4 Å². The third-order valence-corrected chi connectivity index (χ3v) is 5.65. The summed E-state index contributed by atoms with van der Waals surface area (Å²) in [5.74, 6) is 0.312. The number of fused-ring (bicyclic) bond motifs is 1. The van der Waals surface area contributed by atoms with Gasteiger partial charge in [-0.25, -0.2) is 0 Å². The molecular formula is C23H27ClN2O2. The summed E-state index contributed by atoms with van der Waals surface area (Å²) in [6, 6.07) is 13.6. The molecule has 0 bridgehead atoms. The number of carbonyl (C=O) groups is 2. The average molecular weight is 399 g/mol. The van der Waals surface area contributed by atoms with Crippen molar-refractivity contribution in [2.24, 2.45) is 0 Å². The largest absolute Gasteiger partial charge is 0.316 e. The summed E-state index contributed by atoms with van der Waals surface area (Å²) in [7, 11) is 1.79. The maximum Gasteiger partial charge on any atom is 0.227 e. The van der Waals surface area contributed by atoms with Gasteiger partial charge in [-0.2, -0.15) is 0 Å². The van der Waals surface area contributed by atoms with Gasteiger partial charge in [-0.15, -0.1) is 0 Å². The summed E-state index contributed by atoms with van der Waals surface area (Å²) < 4.78 is 0. The molecule has 2 aromatic rings. The van der Waals surface area contributed by atoms with E-state index in [1.807, 2.05) is 36.4 Å². The highest BCUT2D eigenvalue weighted by atomic mass is 35.5. The number of nitrogens with zero attached hydrogens (tertiary/aromatic N) is 1. The Labute approximate surface area is 171 Å². The molecule has 1 N–H and O–H groups in total. The van der Waals surface area contributed by atoms with Gasteiger partial charge in [0.1, 0.15) is 0 Å². The highest BCUT2D eigenvalue weighted by Gasteiger charge is 2.21. The summed E-state index contributed by atoms with van der Waals surface area (Å²) in [4.78, 5) is 25.9. The fourth-order valence-corrected chi connectivity index (χ4v) is 3.79. The van der Waals surface area contributed by atoms with Crippen molar-refractivity contribution < 1.29 is 9.59 Å². The molecule has 1 heterocycles. The number of ketones is 1. The second-order valence-corrected chi connectivity index (χ2v) is 7.68. The Balaban J connectivity index is 1.37. The Morgan fingerprint density at radius 2 is 1.93 bits per heavy atom. The molecular weight excluding hydrogens is 372 g/mol. The van der Waals surface area contributed by atoms with E-state index in [1.165, 1.54) is 0 Å². The number of carbonyl (C=O) groups excluding carboxylic acids is 2. The van der Waals surface area contributed by atoms with Crippen LogP contribution in [0.3, 0.4) is 0 Å². The highest BCUT2D eigenvalue weighted by molar-refractivity contribution is 6.31. The van der Waals surface area contributed by atoms with Gasteiger partial charge in [-0.3, -0.25) is 9.59 Å². The second kappa shape index (κ2) is 9.85. The van der Waals surface area contributed by atoms with Crippen LogP contribution in [0.15, 0.2) is 42.5 Å². The van der Waals surface area contributed by atoms with Gasteiger partial charge in [0, 0.05) is 36.2 Å². The number of amides is 1. The van der Waals surface area contributed by atoms with Gasteiger partial charge in [0.2, 0.25) is 5.91 Å². The number of aryl methyl sites for hydroxylation is 1. The van der Waals surface area contributed by atoms with E-state index in [0.717, 1.165) is 66.2 Å². The van der Waals surface area contributed by atoms with Crippen LogP contribution in [-0.2, 0) is 17.6 Å². The first-order valence-electron chi connectivity index (χ1n) is 9.93. The van der Waals surface area contributed by atoms with Crippen LogP contribution in [0, 0.1) is 0 Å². The van der Waals surface area contributed by atoms with Gasteiger partial charge in [-0.1, -0.05) is 29.8 Å². The Morgan fingerprint density at radius 1 is 1.11 bits per heavy atom. The lowest BCUT2D eigenvalue weighted by atomic mass is 9.96.